The van der Waals surface area contributed by atoms with Crippen LogP contribution in [0.3, 0.4) is 0 Å². The average Bonchev–Trinajstić information content (AvgIpc) is 3.29. The summed E-state index contributed by atoms with van der Waals surface area (Å²) in [7, 11) is 2.06. The van der Waals surface area contributed by atoms with Gasteiger partial charge in [-0.1, -0.05) is 45.0 Å². The van der Waals surface area contributed by atoms with Crippen LogP contribution in [0.5, 0.6) is 0 Å². The number of likely N-dealkylation sites (tertiary alicyclic amines) is 2. The molecule has 3 saturated heterocycles. The Morgan fingerprint density at radius 2 is 1.76 bits per heavy atom. The number of benzene rings is 1. The summed E-state index contributed by atoms with van der Waals surface area (Å²) in [5, 5.41) is 21.2. The van der Waals surface area contributed by atoms with Crippen molar-refractivity contribution in [2.45, 2.75) is 58.5 Å². The molecule has 1 aromatic heterocycles. The maximum absolute atomic E-state index is 13.2. The van der Waals surface area contributed by atoms with Gasteiger partial charge in [0.2, 0.25) is 11.8 Å². The first-order chi connectivity index (χ1) is 18.0. The van der Waals surface area contributed by atoms with Gasteiger partial charge in [-0.05, 0) is 54.8 Å². The number of piperidine rings is 1. The molecule has 3 aliphatic rings. The van der Waals surface area contributed by atoms with E-state index in [0.29, 0.717) is 36.2 Å². The number of aromatic nitrogens is 2. The Bertz CT molecular complexity index is 1180. The molecule has 3 aliphatic heterocycles. The summed E-state index contributed by atoms with van der Waals surface area (Å²) in [5.74, 6) is 1.73. The van der Waals surface area contributed by atoms with Crippen LogP contribution in [-0.4, -0.2) is 76.7 Å². The standard InChI is InChI=1S/C30H41N5O3/c1-20(2)22-6-8-25(9-7-22)30(38,29(4)18-33(5)19-29)26-15-27(32-31-16-26)35-17-24(14-28(35)37)23-10-12-34(13-11-23)21(3)36/h6-9,15-16,20,23-24,38H,10-14,17-19H2,1-5H3. The van der Waals surface area contributed by atoms with Crippen LogP contribution in [0.1, 0.15) is 69.6 Å². The van der Waals surface area contributed by atoms with Gasteiger partial charge in [-0.15, -0.1) is 5.10 Å². The van der Waals surface area contributed by atoms with E-state index in [1.54, 1.807) is 18.0 Å². The second-order valence-corrected chi connectivity index (χ2v) is 12.3. The molecule has 0 aliphatic carbocycles. The molecule has 4 heterocycles. The molecule has 204 valence electrons. The first kappa shape index (κ1) is 26.8. The van der Waals surface area contributed by atoms with Crippen LogP contribution in [-0.2, 0) is 15.2 Å². The normalized spacial score (nSPS) is 24.0. The molecule has 8 heteroatoms. The van der Waals surface area contributed by atoms with Crippen molar-refractivity contribution in [1.82, 2.24) is 20.0 Å². The van der Waals surface area contributed by atoms with Crippen LogP contribution in [0.25, 0.3) is 0 Å². The summed E-state index contributed by atoms with van der Waals surface area (Å²) >= 11 is 0. The summed E-state index contributed by atoms with van der Waals surface area (Å²) in [4.78, 5) is 30.7. The van der Waals surface area contributed by atoms with Crippen LogP contribution in [0.15, 0.2) is 36.5 Å². The van der Waals surface area contributed by atoms with Gasteiger partial charge in [-0.25, -0.2) is 0 Å². The van der Waals surface area contributed by atoms with Gasteiger partial charge in [0.05, 0.1) is 6.20 Å². The van der Waals surface area contributed by atoms with Crippen molar-refractivity contribution in [1.29, 1.82) is 0 Å². The summed E-state index contributed by atoms with van der Waals surface area (Å²) < 4.78 is 0. The lowest BCUT2D eigenvalue weighted by atomic mass is 9.62. The second kappa shape index (κ2) is 10.0. The predicted molar refractivity (Wildman–Crippen MR) is 147 cm³/mol. The first-order valence-electron chi connectivity index (χ1n) is 13.9. The van der Waals surface area contributed by atoms with E-state index in [0.717, 1.165) is 44.6 Å². The van der Waals surface area contributed by atoms with Crippen LogP contribution in [0.2, 0.25) is 0 Å². The zero-order valence-electron chi connectivity index (χ0n) is 23.4. The molecule has 0 spiro atoms. The third kappa shape index (κ3) is 4.62. The van der Waals surface area contributed by atoms with Crippen molar-refractivity contribution in [2.75, 3.05) is 44.7 Å². The molecule has 1 aromatic carbocycles. The van der Waals surface area contributed by atoms with Gasteiger partial charge in [0, 0.05) is 57.0 Å². The van der Waals surface area contributed by atoms with Crippen molar-refractivity contribution >= 4 is 17.6 Å². The Hall–Kier alpha value is -2.84. The zero-order chi connectivity index (χ0) is 27.2. The Labute approximate surface area is 226 Å². The van der Waals surface area contributed by atoms with Crippen molar-refractivity contribution < 1.29 is 14.7 Å². The summed E-state index contributed by atoms with van der Waals surface area (Å²) in [5.41, 5.74) is 1.04. The van der Waals surface area contributed by atoms with Gasteiger partial charge < -0.3 is 14.9 Å². The Morgan fingerprint density at radius 3 is 2.34 bits per heavy atom. The molecule has 8 nitrogen and oxygen atoms in total. The van der Waals surface area contributed by atoms with E-state index in [1.165, 1.54) is 5.56 Å². The molecule has 5 rings (SSSR count). The van der Waals surface area contributed by atoms with Gasteiger partial charge in [0.1, 0.15) is 5.60 Å². The van der Waals surface area contributed by atoms with Crippen LogP contribution in [0.4, 0.5) is 5.82 Å². The highest BCUT2D eigenvalue weighted by molar-refractivity contribution is 5.94. The van der Waals surface area contributed by atoms with Gasteiger partial charge in [0.25, 0.3) is 0 Å². The highest BCUT2D eigenvalue weighted by atomic mass is 16.3. The molecule has 38 heavy (non-hydrogen) atoms. The molecule has 2 aromatic rings. The lowest BCUT2D eigenvalue weighted by molar-refractivity contribution is -0.130. The van der Waals surface area contributed by atoms with Crippen molar-refractivity contribution in [2.24, 2.45) is 17.3 Å². The quantitative estimate of drug-likeness (QED) is 0.629. The molecule has 2 atom stereocenters. The minimum absolute atomic E-state index is 0.0508. The number of amides is 2. The fraction of sp³-hybridized carbons (Fsp3) is 0.600. The topological polar surface area (TPSA) is 89.9 Å². The lowest BCUT2D eigenvalue weighted by Crippen LogP contribution is -2.63. The fourth-order valence-corrected chi connectivity index (χ4v) is 6.99. The van der Waals surface area contributed by atoms with Gasteiger partial charge in [-0.2, -0.15) is 5.10 Å². The van der Waals surface area contributed by atoms with Crippen molar-refractivity contribution in [3.05, 3.63) is 53.2 Å². The SMILES string of the molecule is CC(=O)N1CCC(C2CC(=O)N(c3cc(C(O)(c4ccc(C(C)C)cc4)C4(C)CN(C)C4)cnn3)C2)CC1. The number of carbonyl (C=O) groups excluding carboxylic acids is 2. The van der Waals surface area contributed by atoms with E-state index < -0.39 is 11.0 Å². The van der Waals surface area contributed by atoms with E-state index >= 15 is 0 Å². The number of hydrogen-bond acceptors (Lipinski definition) is 6. The van der Waals surface area contributed by atoms with Gasteiger partial charge >= 0.3 is 0 Å². The van der Waals surface area contributed by atoms with Crippen LogP contribution in [0, 0.1) is 17.3 Å². The Balaban J connectivity index is 1.42. The number of nitrogens with zero attached hydrogens (tertiary/aromatic N) is 5. The molecule has 1 N–H and O–H groups in total. The number of aliphatic hydroxyl groups is 1. The number of hydrogen-bond donors (Lipinski definition) is 1. The van der Waals surface area contributed by atoms with Crippen LogP contribution < -0.4 is 4.90 Å². The molecular formula is C30H41N5O3. The molecule has 0 bridgehead atoms. The molecule has 0 radical (unpaired) electrons. The fourth-order valence-electron chi connectivity index (χ4n) is 6.99. The van der Waals surface area contributed by atoms with Crippen molar-refractivity contribution in [3.8, 4) is 0 Å². The monoisotopic (exact) mass is 519 g/mol. The average molecular weight is 520 g/mol. The zero-order valence-corrected chi connectivity index (χ0v) is 23.4. The third-order valence-electron chi connectivity index (χ3n) is 9.25. The van der Waals surface area contributed by atoms with Crippen molar-refractivity contribution in [3.63, 3.8) is 0 Å². The summed E-state index contributed by atoms with van der Waals surface area (Å²) in [6.45, 7) is 11.7. The minimum atomic E-state index is -1.28. The second-order valence-electron chi connectivity index (χ2n) is 12.3. The largest absolute Gasteiger partial charge is 0.380 e. The summed E-state index contributed by atoms with van der Waals surface area (Å²) in [6, 6.07) is 10.1. The van der Waals surface area contributed by atoms with E-state index in [9.17, 15) is 14.7 Å². The van der Waals surface area contributed by atoms with E-state index in [-0.39, 0.29) is 17.7 Å². The Kier molecular flexibility index (Phi) is 7.07. The van der Waals surface area contributed by atoms with Crippen LogP contribution >= 0.6 is 0 Å². The highest BCUT2D eigenvalue weighted by Crippen LogP contribution is 2.50. The third-order valence-corrected chi connectivity index (χ3v) is 9.25. The summed E-state index contributed by atoms with van der Waals surface area (Å²) in [6.07, 6.45) is 3.99. The van der Waals surface area contributed by atoms with E-state index in [4.69, 9.17) is 0 Å². The Morgan fingerprint density at radius 1 is 1.11 bits per heavy atom. The number of carbonyl (C=O) groups is 2. The maximum atomic E-state index is 13.2. The van der Waals surface area contributed by atoms with E-state index in [2.05, 4.69) is 55.0 Å². The molecule has 2 amide bonds. The van der Waals surface area contributed by atoms with E-state index in [1.807, 2.05) is 23.1 Å². The number of rotatable bonds is 6. The highest BCUT2D eigenvalue weighted by Gasteiger charge is 2.55. The first-order valence-corrected chi connectivity index (χ1v) is 13.9. The molecule has 2 unspecified atom stereocenters. The maximum Gasteiger partial charge on any atom is 0.228 e. The lowest BCUT2D eigenvalue weighted by Gasteiger charge is -2.55. The molecule has 3 fully saturated rings. The van der Waals surface area contributed by atoms with Gasteiger partial charge in [-0.3, -0.25) is 14.5 Å². The predicted octanol–water partition coefficient (Wildman–Crippen LogP) is 3.40. The molecule has 0 saturated carbocycles. The molecular weight excluding hydrogens is 478 g/mol. The number of anilines is 1. The minimum Gasteiger partial charge on any atom is -0.380 e. The smallest absolute Gasteiger partial charge is 0.228 e. The van der Waals surface area contributed by atoms with Gasteiger partial charge in [0.15, 0.2) is 5.82 Å².